The Kier molecular flexibility index (Phi) is 13.8. The Labute approximate surface area is 433 Å². The molecule has 2 aliphatic heterocycles. The molecule has 11 rings (SSSR count). The summed E-state index contributed by atoms with van der Waals surface area (Å²) in [5.41, 5.74) is 17.2. The number of rotatable bonds is 16. The molecule has 4 atom stereocenters. The Morgan fingerprint density at radius 3 is 2.38 bits per heavy atom. The molecule has 73 heavy (non-hydrogen) atoms. The van der Waals surface area contributed by atoms with Gasteiger partial charge in [-0.25, -0.2) is 15.0 Å². The summed E-state index contributed by atoms with van der Waals surface area (Å²) in [6, 6.07) is 29.6. The van der Waals surface area contributed by atoms with Gasteiger partial charge in [0.25, 0.3) is 11.8 Å². The van der Waals surface area contributed by atoms with E-state index < -0.39 is 5.91 Å². The fourth-order valence-electron chi connectivity index (χ4n) is 10.3. The molecule has 6 N–H and O–H groups in total. The van der Waals surface area contributed by atoms with Crippen molar-refractivity contribution in [2.45, 2.75) is 45.1 Å². The summed E-state index contributed by atoms with van der Waals surface area (Å²) in [6.07, 6.45) is 6.00. The van der Waals surface area contributed by atoms with Crippen LogP contribution in [0, 0.1) is 24.7 Å². The molecule has 7 aromatic rings. The first-order chi connectivity index (χ1) is 35.6. The zero-order chi connectivity index (χ0) is 50.0. The minimum absolute atomic E-state index is 0.0258. The highest BCUT2D eigenvalue weighted by atomic mass is 32.1. The van der Waals surface area contributed by atoms with Gasteiger partial charge in [-0.1, -0.05) is 78.1 Å². The Bertz CT molecular complexity index is 3270. The van der Waals surface area contributed by atoms with Crippen LogP contribution in [0.15, 0.2) is 113 Å². The number of thiazole rings is 2. The summed E-state index contributed by atoms with van der Waals surface area (Å²) < 4.78 is 5.78. The number of nitrogens with two attached hydrogens (primary N) is 1. The van der Waals surface area contributed by atoms with Crippen LogP contribution in [0.3, 0.4) is 0 Å². The number of anilines is 4. The lowest BCUT2D eigenvalue weighted by Crippen LogP contribution is -2.48. The van der Waals surface area contributed by atoms with E-state index in [9.17, 15) is 19.2 Å². The normalized spacial score (nSPS) is 19.8. The molecule has 1 saturated heterocycles. The molecular formula is C53H52N12O5S3. The Balaban J connectivity index is 0.606. The number of pyridine rings is 1. The third-order valence-corrected chi connectivity index (χ3v) is 16.7. The molecule has 1 saturated carbocycles. The fourth-order valence-corrected chi connectivity index (χ4v) is 12.8. The van der Waals surface area contributed by atoms with Crippen molar-refractivity contribution in [2.75, 3.05) is 60.5 Å². The zero-order valence-electron chi connectivity index (χ0n) is 39.9. The number of benzene rings is 3. The molecule has 4 aliphatic rings. The molecule has 0 spiro atoms. The topological polar surface area (TPSA) is 222 Å². The van der Waals surface area contributed by atoms with Crippen LogP contribution < -0.4 is 37.0 Å². The molecule has 2 fully saturated rings. The molecular weight excluding hydrogens is 981 g/mol. The second-order valence-corrected chi connectivity index (χ2v) is 21.5. The lowest BCUT2D eigenvalue weighted by atomic mass is 9.83. The number of piperidine rings is 1. The lowest BCUT2D eigenvalue weighted by Gasteiger charge is -2.39. The average molecular weight is 1030 g/mol. The standard InChI is InChI=1S/C53H52N12O5S3/c1-30-12-19-39-43(54)46(73-50(39)58-30)49(68)59-37-17-15-34-25-38(18-16-33(34)24-37)64-27-35-13-14-36(28-64)42(35)48(67)56-21-23-70-22-20-55-47(66)41-26-57-52(72-41)62-61-45-44(32-10-6-3-7-11-32)63-65(51(45)69)53-60-40(29-71-53)31-8-4-2-5-9-31/h2-12,16,18-19,25-26,29,35-37,42H,13-15,17,20-24,27-28,54H2,1H3,(H,55,66)(H,56,67)(H,57,62)(H,59,68)/b61-45+/t35-,36+,37-,42?/m0/s1. The van der Waals surface area contributed by atoms with E-state index in [1.165, 1.54) is 50.7 Å². The zero-order valence-corrected chi connectivity index (χ0v) is 42.3. The molecule has 17 nitrogen and oxygen atoms in total. The van der Waals surface area contributed by atoms with Crippen LogP contribution in [-0.2, 0) is 27.2 Å². The predicted molar refractivity (Wildman–Crippen MR) is 288 cm³/mol. The molecule has 2 aliphatic carbocycles. The molecule has 0 radical (unpaired) electrons. The van der Waals surface area contributed by atoms with Crippen molar-refractivity contribution in [3.05, 3.63) is 135 Å². The average Bonchev–Trinajstić information content (AvgIpc) is 4.26. The van der Waals surface area contributed by atoms with Crippen LogP contribution in [0.1, 0.15) is 61.0 Å². The van der Waals surface area contributed by atoms with Crippen LogP contribution in [0.25, 0.3) is 21.5 Å². The molecule has 372 valence electrons. The maximum absolute atomic E-state index is 13.8. The van der Waals surface area contributed by atoms with Gasteiger partial charge in [-0.3, -0.25) is 24.6 Å². The number of nitrogen functional groups attached to an aromatic ring is 1. The smallest absolute Gasteiger partial charge is 0.303 e. The number of nitrogens with zero attached hydrogens (tertiary/aromatic N) is 7. The van der Waals surface area contributed by atoms with E-state index in [1.54, 1.807) is 0 Å². The first-order valence-electron chi connectivity index (χ1n) is 24.4. The number of nitrogens with one attached hydrogen (secondary N) is 4. The highest BCUT2D eigenvalue weighted by molar-refractivity contribution is 7.21. The third kappa shape index (κ3) is 10.2. The molecule has 2 bridgehead atoms. The third-order valence-electron chi connectivity index (χ3n) is 13.9. The van der Waals surface area contributed by atoms with E-state index >= 15 is 0 Å². The molecule has 4 amide bonds. The van der Waals surface area contributed by atoms with Crippen LogP contribution in [0.2, 0.25) is 0 Å². The molecule has 20 heteroatoms. The number of aryl methyl sites for hydroxylation is 2. The van der Waals surface area contributed by atoms with E-state index in [2.05, 4.69) is 69.6 Å². The predicted octanol–water partition coefficient (Wildman–Crippen LogP) is 7.30. The van der Waals surface area contributed by atoms with E-state index in [1.807, 2.05) is 85.1 Å². The van der Waals surface area contributed by atoms with Crippen molar-refractivity contribution in [3.8, 4) is 11.3 Å². The number of carbonyl (C=O) groups excluding carboxylic acids is 4. The lowest BCUT2D eigenvalue weighted by molar-refractivity contribution is -0.128. The molecule has 6 heterocycles. The van der Waals surface area contributed by atoms with Gasteiger partial charge in [-0.05, 0) is 86.3 Å². The Hall–Kier alpha value is -7.39. The summed E-state index contributed by atoms with van der Waals surface area (Å²) in [5.74, 6) is -0.296. The molecule has 1 unspecified atom stereocenters. The van der Waals surface area contributed by atoms with Crippen molar-refractivity contribution in [1.82, 2.24) is 30.9 Å². The van der Waals surface area contributed by atoms with Gasteiger partial charge in [0.2, 0.25) is 16.2 Å². The van der Waals surface area contributed by atoms with Gasteiger partial charge in [0, 0.05) is 71.4 Å². The minimum atomic E-state index is -0.449. The number of fused-ring (bicyclic) bond motifs is 4. The van der Waals surface area contributed by atoms with Crippen molar-refractivity contribution < 1.29 is 23.9 Å². The maximum atomic E-state index is 13.8. The number of thiophene rings is 1. The van der Waals surface area contributed by atoms with Crippen LogP contribution in [0.5, 0.6) is 0 Å². The van der Waals surface area contributed by atoms with Crippen molar-refractivity contribution in [3.63, 3.8) is 0 Å². The summed E-state index contributed by atoms with van der Waals surface area (Å²) in [5, 5.41) is 23.0. The first-order valence-corrected chi connectivity index (χ1v) is 26.9. The highest BCUT2D eigenvalue weighted by Gasteiger charge is 2.46. The molecule has 4 aromatic heterocycles. The number of ether oxygens (including phenoxy) is 1. The molecule has 3 aromatic carbocycles. The summed E-state index contributed by atoms with van der Waals surface area (Å²) in [4.78, 5) is 71.3. The van der Waals surface area contributed by atoms with Crippen LogP contribution in [-0.4, -0.2) is 95.4 Å². The number of hydrazone groups is 2. The van der Waals surface area contributed by atoms with Gasteiger partial charge in [0.05, 0.1) is 30.8 Å². The van der Waals surface area contributed by atoms with Gasteiger partial charge < -0.3 is 31.3 Å². The van der Waals surface area contributed by atoms with E-state index in [-0.39, 0.29) is 60.4 Å². The number of hydrogen-bond donors (Lipinski definition) is 5. The maximum Gasteiger partial charge on any atom is 0.303 e. The van der Waals surface area contributed by atoms with Gasteiger partial charge in [-0.2, -0.15) is 15.2 Å². The monoisotopic (exact) mass is 1030 g/mol. The second kappa shape index (κ2) is 21.0. The SMILES string of the molecule is Cc1ccc2c(N)c(C(=O)N[C@H]3CCc4cc(N5C[C@H]6CC[C@@H](C5)C6C(=O)NCCOCCNC(=O)c5cnc(N/N=C6/C(=O)N(c7nc(-c8ccccc8)cs7)N=C6c6ccccc6)s5)ccc4C3)sc2n1. The van der Waals surface area contributed by atoms with Crippen molar-refractivity contribution >= 4 is 101 Å². The van der Waals surface area contributed by atoms with E-state index in [0.29, 0.717) is 50.1 Å². The number of amides is 4. The summed E-state index contributed by atoms with van der Waals surface area (Å²) >= 11 is 3.75. The fraction of sp³-hybridized carbons (Fsp3) is 0.302. The number of hydrogen-bond acceptors (Lipinski definition) is 16. The Morgan fingerprint density at radius 2 is 1.60 bits per heavy atom. The largest absolute Gasteiger partial charge is 0.397 e. The second-order valence-electron chi connectivity index (χ2n) is 18.6. The number of carbonyl (C=O) groups is 4. The quantitative estimate of drug-likeness (QED) is 0.0478. The summed E-state index contributed by atoms with van der Waals surface area (Å²) in [7, 11) is 0. The first kappa shape index (κ1) is 47.9. The van der Waals surface area contributed by atoms with E-state index in [0.717, 1.165) is 83.7 Å². The highest BCUT2D eigenvalue weighted by Crippen LogP contribution is 2.44. The van der Waals surface area contributed by atoms with Crippen LogP contribution >= 0.6 is 34.0 Å². The van der Waals surface area contributed by atoms with Crippen molar-refractivity contribution in [2.24, 2.45) is 28.0 Å². The number of aromatic nitrogens is 3. The van der Waals surface area contributed by atoms with E-state index in [4.69, 9.17) is 10.5 Å². The Morgan fingerprint density at radius 1 is 0.849 bits per heavy atom. The summed E-state index contributed by atoms with van der Waals surface area (Å²) in [6.45, 7) is 4.85. The van der Waals surface area contributed by atoms with Crippen LogP contribution in [0.4, 0.5) is 21.6 Å². The van der Waals surface area contributed by atoms with Gasteiger partial charge in [0.15, 0.2) is 5.71 Å². The van der Waals surface area contributed by atoms with Gasteiger partial charge in [0.1, 0.15) is 20.3 Å². The van der Waals surface area contributed by atoms with Gasteiger partial charge >= 0.3 is 5.91 Å². The van der Waals surface area contributed by atoms with Gasteiger partial charge in [-0.15, -0.1) is 22.7 Å². The van der Waals surface area contributed by atoms with Crippen molar-refractivity contribution in [1.29, 1.82) is 0 Å². The minimum Gasteiger partial charge on any atom is -0.397 e.